The Morgan fingerprint density at radius 3 is 2.56 bits per heavy atom. The van der Waals surface area contributed by atoms with Gasteiger partial charge in [-0.1, -0.05) is 18.2 Å². The molecular formula is C12H11ClO3. The average molecular weight is 239 g/mol. The minimum absolute atomic E-state index is 0.133. The highest BCUT2D eigenvalue weighted by Gasteiger charge is 2.12. The Morgan fingerprint density at radius 1 is 1.19 bits per heavy atom. The summed E-state index contributed by atoms with van der Waals surface area (Å²) in [5, 5.41) is 9.98. The first-order chi connectivity index (χ1) is 7.75. The smallest absolute Gasteiger partial charge is 0.193 e. The summed E-state index contributed by atoms with van der Waals surface area (Å²) in [7, 11) is 0. The monoisotopic (exact) mass is 238 g/mol. The topological polar surface area (TPSA) is 42.6 Å². The van der Waals surface area contributed by atoms with Crippen molar-refractivity contribution in [1.29, 1.82) is 0 Å². The molecule has 1 aromatic heterocycles. The molecular weight excluding hydrogens is 228 g/mol. The largest absolute Gasteiger partial charge is 0.490 e. The van der Waals surface area contributed by atoms with E-state index in [0.717, 1.165) is 0 Å². The standard InChI is InChI=1S/C12H11ClO3/c13-12-7-6-11(16-12)10(14)8-15-9-4-2-1-3-5-9/h1-7,10,14H,8H2. The Labute approximate surface area is 98.2 Å². The molecule has 0 spiro atoms. The lowest BCUT2D eigenvalue weighted by molar-refractivity contribution is 0.0889. The zero-order valence-electron chi connectivity index (χ0n) is 8.47. The first-order valence-corrected chi connectivity index (χ1v) is 5.24. The normalized spacial score (nSPS) is 12.4. The Bertz CT molecular complexity index is 439. The number of furan rings is 1. The number of para-hydroxylation sites is 1. The van der Waals surface area contributed by atoms with Crippen molar-refractivity contribution in [2.45, 2.75) is 6.10 Å². The molecule has 1 heterocycles. The molecule has 1 aromatic carbocycles. The molecule has 0 saturated heterocycles. The Balaban J connectivity index is 1.91. The van der Waals surface area contributed by atoms with Crippen molar-refractivity contribution in [1.82, 2.24) is 0 Å². The number of aliphatic hydroxyl groups is 1. The van der Waals surface area contributed by atoms with Gasteiger partial charge in [-0.05, 0) is 35.9 Å². The van der Waals surface area contributed by atoms with E-state index >= 15 is 0 Å². The van der Waals surface area contributed by atoms with Crippen LogP contribution in [0.1, 0.15) is 11.9 Å². The highest BCUT2D eigenvalue weighted by atomic mass is 35.5. The second kappa shape index (κ2) is 5.05. The Hall–Kier alpha value is -1.45. The van der Waals surface area contributed by atoms with E-state index < -0.39 is 6.10 Å². The maximum absolute atomic E-state index is 9.72. The van der Waals surface area contributed by atoms with Gasteiger partial charge in [-0.15, -0.1) is 0 Å². The van der Waals surface area contributed by atoms with E-state index in [0.29, 0.717) is 11.5 Å². The quantitative estimate of drug-likeness (QED) is 0.890. The number of hydrogen-bond acceptors (Lipinski definition) is 3. The van der Waals surface area contributed by atoms with Gasteiger partial charge in [-0.3, -0.25) is 0 Å². The lowest BCUT2D eigenvalue weighted by Gasteiger charge is -2.09. The van der Waals surface area contributed by atoms with E-state index in [2.05, 4.69) is 0 Å². The third kappa shape index (κ3) is 2.78. The molecule has 2 aromatic rings. The van der Waals surface area contributed by atoms with Crippen molar-refractivity contribution < 1.29 is 14.3 Å². The summed E-state index contributed by atoms with van der Waals surface area (Å²) in [6.07, 6.45) is -0.812. The van der Waals surface area contributed by atoms with Crippen molar-refractivity contribution in [2.24, 2.45) is 0 Å². The van der Waals surface area contributed by atoms with Gasteiger partial charge in [0.05, 0.1) is 0 Å². The van der Waals surface area contributed by atoms with Gasteiger partial charge in [0.1, 0.15) is 24.2 Å². The molecule has 0 aliphatic rings. The molecule has 0 saturated carbocycles. The highest BCUT2D eigenvalue weighted by Crippen LogP contribution is 2.20. The minimum atomic E-state index is -0.812. The molecule has 0 bridgehead atoms. The summed E-state index contributed by atoms with van der Waals surface area (Å²) < 4.78 is 10.4. The van der Waals surface area contributed by atoms with Crippen LogP contribution in [0.3, 0.4) is 0 Å². The number of benzene rings is 1. The average Bonchev–Trinajstić information content (AvgIpc) is 2.74. The van der Waals surface area contributed by atoms with Gasteiger partial charge in [-0.2, -0.15) is 0 Å². The summed E-state index contributed by atoms with van der Waals surface area (Å²) in [5.41, 5.74) is 0. The van der Waals surface area contributed by atoms with Gasteiger partial charge in [-0.25, -0.2) is 0 Å². The predicted molar refractivity (Wildman–Crippen MR) is 60.6 cm³/mol. The van der Waals surface area contributed by atoms with Crippen molar-refractivity contribution >= 4 is 11.6 Å². The molecule has 2 rings (SSSR count). The van der Waals surface area contributed by atoms with Crippen molar-refractivity contribution in [3.8, 4) is 5.75 Å². The SMILES string of the molecule is OC(COc1ccccc1)c1ccc(Cl)o1. The summed E-state index contributed by atoms with van der Waals surface area (Å²) in [6, 6.07) is 12.5. The van der Waals surface area contributed by atoms with Crippen molar-refractivity contribution in [3.63, 3.8) is 0 Å². The lowest BCUT2D eigenvalue weighted by atomic mass is 10.3. The van der Waals surface area contributed by atoms with Crippen LogP contribution in [0, 0.1) is 0 Å². The second-order valence-corrected chi connectivity index (χ2v) is 3.65. The van der Waals surface area contributed by atoms with Crippen molar-refractivity contribution in [3.05, 3.63) is 53.4 Å². The lowest BCUT2D eigenvalue weighted by Crippen LogP contribution is -2.08. The molecule has 16 heavy (non-hydrogen) atoms. The third-order valence-electron chi connectivity index (χ3n) is 2.07. The van der Waals surface area contributed by atoms with Crippen LogP contribution < -0.4 is 4.74 Å². The van der Waals surface area contributed by atoms with Crippen LogP contribution in [0.25, 0.3) is 0 Å². The molecule has 0 aliphatic carbocycles. The Morgan fingerprint density at radius 2 is 1.94 bits per heavy atom. The van der Waals surface area contributed by atoms with Crippen LogP contribution >= 0.6 is 11.6 Å². The molecule has 4 heteroatoms. The van der Waals surface area contributed by atoms with E-state index in [1.807, 2.05) is 30.3 Å². The van der Waals surface area contributed by atoms with Crippen LogP contribution in [0.15, 0.2) is 46.9 Å². The van der Waals surface area contributed by atoms with Crippen molar-refractivity contribution in [2.75, 3.05) is 6.61 Å². The maximum atomic E-state index is 9.72. The first kappa shape index (κ1) is 11.0. The summed E-state index contributed by atoms with van der Waals surface area (Å²) >= 11 is 5.60. The molecule has 3 nitrogen and oxygen atoms in total. The number of rotatable bonds is 4. The van der Waals surface area contributed by atoms with Gasteiger partial charge in [0.25, 0.3) is 0 Å². The molecule has 1 unspecified atom stereocenters. The fraction of sp³-hybridized carbons (Fsp3) is 0.167. The second-order valence-electron chi connectivity index (χ2n) is 3.28. The van der Waals surface area contributed by atoms with E-state index in [9.17, 15) is 5.11 Å². The van der Waals surface area contributed by atoms with Gasteiger partial charge in [0, 0.05) is 0 Å². The number of halogens is 1. The summed E-state index contributed by atoms with van der Waals surface area (Å²) in [4.78, 5) is 0. The van der Waals surface area contributed by atoms with E-state index in [-0.39, 0.29) is 11.8 Å². The van der Waals surface area contributed by atoms with E-state index in [4.69, 9.17) is 20.8 Å². The number of hydrogen-bond donors (Lipinski definition) is 1. The molecule has 0 radical (unpaired) electrons. The number of aliphatic hydroxyl groups excluding tert-OH is 1. The molecule has 1 atom stereocenters. The predicted octanol–water partition coefficient (Wildman–Crippen LogP) is 3.05. The van der Waals surface area contributed by atoms with Crippen LogP contribution in [0.5, 0.6) is 5.75 Å². The molecule has 1 N–H and O–H groups in total. The fourth-order valence-electron chi connectivity index (χ4n) is 1.28. The van der Waals surface area contributed by atoms with Crippen LogP contribution in [-0.4, -0.2) is 11.7 Å². The number of ether oxygens (including phenoxy) is 1. The third-order valence-corrected chi connectivity index (χ3v) is 2.28. The van der Waals surface area contributed by atoms with Crippen LogP contribution in [0.2, 0.25) is 5.22 Å². The fourth-order valence-corrected chi connectivity index (χ4v) is 1.43. The van der Waals surface area contributed by atoms with Crippen LogP contribution in [0.4, 0.5) is 0 Å². The van der Waals surface area contributed by atoms with Gasteiger partial charge in [0.2, 0.25) is 0 Å². The van der Waals surface area contributed by atoms with E-state index in [1.165, 1.54) is 0 Å². The van der Waals surface area contributed by atoms with Gasteiger partial charge < -0.3 is 14.3 Å². The van der Waals surface area contributed by atoms with E-state index in [1.54, 1.807) is 12.1 Å². The molecule has 0 amide bonds. The Kier molecular flexibility index (Phi) is 3.49. The molecule has 0 fully saturated rings. The molecule has 0 aliphatic heterocycles. The van der Waals surface area contributed by atoms with Gasteiger partial charge >= 0.3 is 0 Å². The zero-order chi connectivity index (χ0) is 11.4. The highest BCUT2D eigenvalue weighted by molar-refractivity contribution is 6.28. The maximum Gasteiger partial charge on any atom is 0.193 e. The summed E-state index contributed by atoms with van der Waals surface area (Å²) in [6.45, 7) is 0.133. The summed E-state index contributed by atoms with van der Waals surface area (Å²) in [5.74, 6) is 1.11. The molecule has 84 valence electrons. The first-order valence-electron chi connectivity index (χ1n) is 4.87. The zero-order valence-corrected chi connectivity index (χ0v) is 9.22. The van der Waals surface area contributed by atoms with Gasteiger partial charge in [0.15, 0.2) is 5.22 Å². The van der Waals surface area contributed by atoms with Crippen LogP contribution in [-0.2, 0) is 0 Å². The minimum Gasteiger partial charge on any atom is -0.490 e.